The summed E-state index contributed by atoms with van der Waals surface area (Å²) in [5, 5.41) is 5.99. The molecule has 0 spiro atoms. The highest BCUT2D eigenvalue weighted by molar-refractivity contribution is 7.13. The number of nitrogens with zero attached hydrogens (tertiary/aromatic N) is 1. The molecule has 2 rings (SSSR count). The quantitative estimate of drug-likeness (QED) is 0.768. The Labute approximate surface area is 127 Å². The van der Waals surface area contributed by atoms with Crippen LogP contribution < -0.4 is 14.8 Å². The van der Waals surface area contributed by atoms with Gasteiger partial charge >= 0.3 is 0 Å². The second-order valence-electron chi connectivity index (χ2n) is 3.93. The van der Waals surface area contributed by atoms with Crippen molar-refractivity contribution in [2.75, 3.05) is 18.5 Å². The van der Waals surface area contributed by atoms with Crippen LogP contribution in [0.1, 0.15) is 19.5 Å². The SMILES string of the molecule is CCOc1ccc(Nc2nc(CCl)cs2)cc1OCC. The molecule has 0 saturated carbocycles. The van der Waals surface area contributed by atoms with Gasteiger partial charge in [-0.15, -0.1) is 22.9 Å². The van der Waals surface area contributed by atoms with E-state index < -0.39 is 0 Å². The summed E-state index contributed by atoms with van der Waals surface area (Å²) in [6, 6.07) is 5.75. The van der Waals surface area contributed by atoms with Crippen molar-refractivity contribution in [3.8, 4) is 11.5 Å². The van der Waals surface area contributed by atoms with E-state index in [1.54, 1.807) is 0 Å². The van der Waals surface area contributed by atoms with Crippen molar-refractivity contribution in [1.82, 2.24) is 4.98 Å². The molecule has 0 aliphatic rings. The van der Waals surface area contributed by atoms with Gasteiger partial charge in [0.25, 0.3) is 0 Å². The zero-order valence-corrected chi connectivity index (χ0v) is 13.1. The molecular formula is C14H17ClN2O2S. The fourth-order valence-electron chi connectivity index (χ4n) is 1.68. The predicted molar refractivity (Wildman–Crippen MR) is 83.7 cm³/mol. The summed E-state index contributed by atoms with van der Waals surface area (Å²) < 4.78 is 11.1. The fraction of sp³-hybridized carbons (Fsp3) is 0.357. The van der Waals surface area contributed by atoms with Crippen molar-refractivity contribution < 1.29 is 9.47 Å². The Bertz CT molecular complexity index is 560. The zero-order valence-electron chi connectivity index (χ0n) is 11.5. The van der Waals surface area contributed by atoms with Crippen LogP contribution in [0.2, 0.25) is 0 Å². The number of anilines is 2. The summed E-state index contributed by atoms with van der Waals surface area (Å²) in [4.78, 5) is 4.36. The van der Waals surface area contributed by atoms with Gasteiger partial charge in [0, 0.05) is 17.1 Å². The Morgan fingerprint density at radius 1 is 1.20 bits per heavy atom. The Hall–Kier alpha value is -1.46. The van der Waals surface area contributed by atoms with Gasteiger partial charge in [-0.1, -0.05) is 0 Å². The third-order valence-electron chi connectivity index (χ3n) is 2.48. The first kappa shape index (κ1) is 14.9. The number of alkyl halides is 1. The largest absolute Gasteiger partial charge is 0.490 e. The molecule has 1 heterocycles. The number of nitrogens with one attached hydrogen (secondary N) is 1. The van der Waals surface area contributed by atoms with Crippen LogP contribution in [-0.4, -0.2) is 18.2 Å². The van der Waals surface area contributed by atoms with Gasteiger partial charge in [0.1, 0.15) is 0 Å². The van der Waals surface area contributed by atoms with Crippen LogP contribution in [0.15, 0.2) is 23.6 Å². The van der Waals surface area contributed by atoms with Crippen molar-refractivity contribution in [3.05, 3.63) is 29.3 Å². The third kappa shape index (κ3) is 3.77. The Morgan fingerprint density at radius 3 is 2.60 bits per heavy atom. The van der Waals surface area contributed by atoms with Crippen LogP contribution in [0, 0.1) is 0 Å². The number of hydrogen-bond acceptors (Lipinski definition) is 5. The van der Waals surface area contributed by atoms with Crippen LogP contribution in [0.25, 0.3) is 0 Å². The van der Waals surface area contributed by atoms with Gasteiger partial charge in [0.15, 0.2) is 16.6 Å². The molecule has 0 bridgehead atoms. The van der Waals surface area contributed by atoms with Crippen molar-refractivity contribution in [1.29, 1.82) is 0 Å². The number of thiazole rings is 1. The van der Waals surface area contributed by atoms with Crippen LogP contribution in [0.5, 0.6) is 11.5 Å². The topological polar surface area (TPSA) is 43.4 Å². The maximum Gasteiger partial charge on any atom is 0.187 e. The average Bonchev–Trinajstić information content (AvgIpc) is 2.90. The summed E-state index contributed by atoms with van der Waals surface area (Å²) in [5.74, 6) is 1.90. The first-order chi connectivity index (χ1) is 9.76. The van der Waals surface area contributed by atoms with Crippen molar-refractivity contribution in [2.24, 2.45) is 0 Å². The van der Waals surface area contributed by atoms with Crippen LogP contribution in [-0.2, 0) is 5.88 Å². The molecule has 0 saturated heterocycles. The van der Waals surface area contributed by atoms with Crippen molar-refractivity contribution >= 4 is 33.8 Å². The van der Waals surface area contributed by atoms with E-state index in [-0.39, 0.29) is 0 Å². The van der Waals surface area contributed by atoms with E-state index in [2.05, 4.69) is 10.3 Å². The van der Waals surface area contributed by atoms with Gasteiger partial charge in [-0.3, -0.25) is 0 Å². The second-order valence-corrected chi connectivity index (χ2v) is 5.06. The minimum Gasteiger partial charge on any atom is -0.490 e. The Balaban J connectivity index is 2.17. The number of aromatic nitrogens is 1. The predicted octanol–water partition coefficient (Wildman–Crippen LogP) is 4.42. The molecule has 1 aromatic heterocycles. The molecule has 4 nitrogen and oxygen atoms in total. The number of hydrogen-bond donors (Lipinski definition) is 1. The molecule has 108 valence electrons. The summed E-state index contributed by atoms with van der Waals surface area (Å²) in [6.07, 6.45) is 0. The molecule has 0 aliphatic carbocycles. The molecule has 6 heteroatoms. The van der Waals surface area contributed by atoms with Gasteiger partial charge < -0.3 is 14.8 Å². The number of rotatable bonds is 7. The number of ether oxygens (including phenoxy) is 2. The van der Waals surface area contributed by atoms with E-state index in [1.807, 2.05) is 37.4 Å². The summed E-state index contributed by atoms with van der Waals surface area (Å²) in [6.45, 7) is 5.10. The molecular weight excluding hydrogens is 296 g/mol. The van der Waals surface area contributed by atoms with Crippen LogP contribution in [0.4, 0.5) is 10.8 Å². The van der Waals surface area contributed by atoms with E-state index in [0.717, 1.165) is 28.0 Å². The fourth-order valence-corrected chi connectivity index (χ4v) is 2.64. The zero-order chi connectivity index (χ0) is 14.4. The summed E-state index contributed by atoms with van der Waals surface area (Å²) >= 11 is 7.27. The van der Waals surface area contributed by atoms with E-state index in [4.69, 9.17) is 21.1 Å². The molecule has 0 fully saturated rings. The van der Waals surface area contributed by atoms with Crippen LogP contribution >= 0.6 is 22.9 Å². The Kier molecular flexibility index (Phi) is 5.49. The first-order valence-corrected chi connectivity index (χ1v) is 7.85. The standard InChI is InChI=1S/C14H17ClN2O2S/c1-3-18-12-6-5-10(7-13(12)19-4-2)16-14-17-11(8-15)9-20-14/h5-7,9H,3-4,8H2,1-2H3,(H,16,17). The van der Waals surface area contributed by atoms with E-state index >= 15 is 0 Å². The number of halogens is 1. The molecule has 0 aliphatic heterocycles. The smallest absolute Gasteiger partial charge is 0.187 e. The van der Waals surface area contributed by atoms with Gasteiger partial charge in [-0.2, -0.15) is 0 Å². The molecule has 0 amide bonds. The van der Waals surface area contributed by atoms with Gasteiger partial charge in [-0.05, 0) is 26.0 Å². The minimum absolute atomic E-state index is 0.422. The molecule has 2 aromatic rings. The van der Waals surface area contributed by atoms with Crippen LogP contribution in [0.3, 0.4) is 0 Å². The molecule has 0 unspecified atom stereocenters. The Morgan fingerprint density at radius 2 is 1.95 bits per heavy atom. The third-order valence-corrected chi connectivity index (χ3v) is 3.56. The lowest BCUT2D eigenvalue weighted by molar-refractivity contribution is 0.288. The lowest BCUT2D eigenvalue weighted by Gasteiger charge is -2.12. The highest BCUT2D eigenvalue weighted by Crippen LogP contribution is 2.32. The van der Waals surface area contributed by atoms with E-state index in [1.165, 1.54) is 11.3 Å². The maximum atomic E-state index is 5.75. The second kappa shape index (κ2) is 7.36. The minimum atomic E-state index is 0.422. The molecule has 0 atom stereocenters. The molecule has 20 heavy (non-hydrogen) atoms. The molecule has 1 aromatic carbocycles. The lowest BCUT2D eigenvalue weighted by atomic mass is 10.2. The normalized spacial score (nSPS) is 10.3. The van der Waals surface area contributed by atoms with E-state index in [9.17, 15) is 0 Å². The van der Waals surface area contributed by atoms with Gasteiger partial charge in [-0.25, -0.2) is 4.98 Å². The summed E-state index contributed by atoms with van der Waals surface area (Å²) in [7, 11) is 0. The maximum absolute atomic E-state index is 5.75. The lowest BCUT2D eigenvalue weighted by Crippen LogP contribution is -1.99. The van der Waals surface area contributed by atoms with E-state index in [0.29, 0.717) is 19.1 Å². The molecule has 1 N–H and O–H groups in total. The molecule has 0 radical (unpaired) electrons. The van der Waals surface area contributed by atoms with Crippen molar-refractivity contribution in [3.63, 3.8) is 0 Å². The number of benzene rings is 1. The average molecular weight is 313 g/mol. The highest BCUT2D eigenvalue weighted by atomic mass is 35.5. The monoisotopic (exact) mass is 312 g/mol. The van der Waals surface area contributed by atoms with Crippen molar-refractivity contribution in [2.45, 2.75) is 19.7 Å². The van der Waals surface area contributed by atoms with Gasteiger partial charge in [0.05, 0.1) is 24.8 Å². The first-order valence-electron chi connectivity index (χ1n) is 6.43. The van der Waals surface area contributed by atoms with Gasteiger partial charge in [0.2, 0.25) is 0 Å². The highest BCUT2D eigenvalue weighted by Gasteiger charge is 2.07. The summed E-state index contributed by atoms with van der Waals surface area (Å²) in [5.41, 5.74) is 1.78.